The van der Waals surface area contributed by atoms with Crippen LogP contribution in [0.25, 0.3) is 0 Å². The van der Waals surface area contributed by atoms with Crippen LogP contribution in [-0.4, -0.2) is 23.4 Å². The molecule has 21 heavy (non-hydrogen) atoms. The lowest BCUT2D eigenvalue weighted by molar-refractivity contribution is 0.181. The quantitative estimate of drug-likeness (QED) is 0.891. The van der Waals surface area contributed by atoms with Crippen LogP contribution < -0.4 is 5.32 Å². The Morgan fingerprint density at radius 2 is 2.19 bits per heavy atom. The van der Waals surface area contributed by atoms with Gasteiger partial charge in [-0.1, -0.05) is 30.3 Å². The summed E-state index contributed by atoms with van der Waals surface area (Å²) in [6.45, 7) is 4.56. The summed E-state index contributed by atoms with van der Waals surface area (Å²) in [5, 5.41) is 14.0. The third-order valence-electron chi connectivity index (χ3n) is 3.86. The molecular weight excluding hydrogens is 282 g/mol. The van der Waals surface area contributed by atoms with Crippen molar-refractivity contribution in [2.45, 2.75) is 32.4 Å². The van der Waals surface area contributed by atoms with E-state index >= 15 is 0 Å². The molecular formula is C16H21N3OS. The Hall–Kier alpha value is -1.30. The van der Waals surface area contributed by atoms with Crippen LogP contribution in [0.3, 0.4) is 0 Å². The average Bonchev–Trinajstić information content (AvgIpc) is 3.16. The first kappa shape index (κ1) is 14.6. The van der Waals surface area contributed by atoms with Crippen molar-refractivity contribution in [1.29, 1.82) is 0 Å². The van der Waals surface area contributed by atoms with E-state index in [4.69, 9.17) is 4.74 Å². The number of benzene rings is 1. The molecule has 2 heterocycles. The highest BCUT2D eigenvalue weighted by Crippen LogP contribution is 2.27. The molecule has 4 nitrogen and oxygen atoms in total. The van der Waals surface area contributed by atoms with E-state index in [-0.39, 0.29) is 0 Å². The Labute approximate surface area is 129 Å². The molecule has 0 amide bonds. The summed E-state index contributed by atoms with van der Waals surface area (Å²) in [5.74, 6) is 0.652. The largest absolute Gasteiger partial charge is 0.381 e. The highest BCUT2D eigenvalue weighted by atomic mass is 32.1. The van der Waals surface area contributed by atoms with E-state index in [9.17, 15) is 0 Å². The van der Waals surface area contributed by atoms with E-state index in [1.165, 1.54) is 12.0 Å². The molecule has 5 heteroatoms. The van der Waals surface area contributed by atoms with Crippen molar-refractivity contribution in [1.82, 2.24) is 15.5 Å². The van der Waals surface area contributed by atoms with E-state index < -0.39 is 0 Å². The van der Waals surface area contributed by atoms with Gasteiger partial charge in [0.25, 0.3) is 0 Å². The molecule has 0 aliphatic carbocycles. The van der Waals surface area contributed by atoms with E-state index in [0.717, 1.165) is 36.2 Å². The molecule has 2 aromatic rings. The normalized spacial score (nSPS) is 19.8. The Kier molecular flexibility index (Phi) is 4.95. The molecule has 112 valence electrons. The maximum Gasteiger partial charge on any atom is 0.131 e. The van der Waals surface area contributed by atoms with Crippen LogP contribution in [-0.2, 0) is 11.3 Å². The van der Waals surface area contributed by atoms with Crippen molar-refractivity contribution >= 4 is 11.3 Å². The zero-order valence-electron chi connectivity index (χ0n) is 12.3. The monoisotopic (exact) mass is 303 g/mol. The molecule has 1 aromatic carbocycles. The van der Waals surface area contributed by atoms with Crippen molar-refractivity contribution < 1.29 is 4.74 Å². The van der Waals surface area contributed by atoms with Gasteiger partial charge in [0, 0.05) is 19.3 Å². The number of nitrogens with zero attached hydrogens (tertiary/aromatic N) is 2. The van der Waals surface area contributed by atoms with Crippen molar-refractivity contribution in [3.63, 3.8) is 0 Å². The Balaban J connectivity index is 1.66. The Bertz CT molecular complexity index is 552. The summed E-state index contributed by atoms with van der Waals surface area (Å²) in [6, 6.07) is 11.0. The first-order valence-corrected chi connectivity index (χ1v) is 8.28. The van der Waals surface area contributed by atoms with E-state index in [1.54, 1.807) is 11.3 Å². The van der Waals surface area contributed by atoms with Gasteiger partial charge in [-0.2, -0.15) is 0 Å². The van der Waals surface area contributed by atoms with Gasteiger partial charge in [0.15, 0.2) is 0 Å². The number of hydrogen-bond acceptors (Lipinski definition) is 5. The zero-order chi connectivity index (χ0) is 14.5. The summed E-state index contributed by atoms with van der Waals surface area (Å²) >= 11 is 1.66. The summed E-state index contributed by atoms with van der Waals surface area (Å²) < 4.78 is 5.51. The second-order valence-corrected chi connectivity index (χ2v) is 6.79. The lowest BCUT2D eigenvalue weighted by Crippen LogP contribution is -2.23. The molecule has 1 fully saturated rings. The van der Waals surface area contributed by atoms with Gasteiger partial charge in [-0.25, -0.2) is 0 Å². The van der Waals surface area contributed by atoms with Crippen LogP contribution in [0.4, 0.5) is 0 Å². The molecule has 3 rings (SSSR count). The Morgan fingerprint density at radius 1 is 1.33 bits per heavy atom. The standard InChI is InChI=1S/C16H21N3OS/c1-12-18-19-16(21-12)10-17-15(9-13-7-8-20-11-13)14-5-3-2-4-6-14/h2-6,13,15,17H,7-11H2,1H3/t13-,15-/m0/s1. The lowest BCUT2D eigenvalue weighted by Gasteiger charge is -2.21. The number of aromatic nitrogens is 2. The van der Waals surface area contributed by atoms with Crippen LogP contribution in [0, 0.1) is 12.8 Å². The number of ether oxygens (including phenoxy) is 1. The average molecular weight is 303 g/mol. The molecule has 1 N–H and O–H groups in total. The van der Waals surface area contributed by atoms with Crippen LogP contribution in [0.2, 0.25) is 0 Å². The second-order valence-electron chi connectivity index (χ2n) is 5.52. The Morgan fingerprint density at radius 3 is 2.86 bits per heavy atom. The number of aryl methyl sites for hydroxylation is 1. The lowest BCUT2D eigenvalue weighted by atomic mass is 9.94. The molecule has 1 saturated heterocycles. The molecule has 0 unspecified atom stereocenters. The highest BCUT2D eigenvalue weighted by Gasteiger charge is 2.21. The number of rotatable bonds is 6. The molecule has 0 saturated carbocycles. The minimum absolute atomic E-state index is 0.349. The smallest absolute Gasteiger partial charge is 0.131 e. The number of hydrogen-bond donors (Lipinski definition) is 1. The van der Waals surface area contributed by atoms with Crippen LogP contribution in [0.5, 0.6) is 0 Å². The van der Waals surface area contributed by atoms with Crippen LogP contribution in [0.1, 0.15) is 34.5 Å². The highest BCUT2D eigenvalue weighted by molar-refractivity contribution is 7.11. The predicted molar refractivity (Wildman–Crippen MR) is 84.2 cm³/mol. The summed E-state index contributed by atoms with van der Waals surface area (Å²) in [4.78, 5) is 0. The fraction of sp³-hybridized carbons (Fsp3) is 0.500. The van der Waals surface area contributed by atoms with E-state index in [1.807, 2.05) is 6.92 Å². The van der Waals surface area contributed by atoms with Gasteiger partial charge in [0.1, 0.15) is 10.0 Å². The maximum absolute atomic E-state index is 5.51. The molecule has 1 aliphatic rings. The SMILES string of the molecule is Cc1nnc(CN[C@@H](C[C@@H]2CCOC2)c2ccccc2)s1. The fourth-order valence-corrected chi connectivity index (χ4v) is 3.40. The van der Waals surface area contributed by atoms with Gasteiger partial charge in [-0.15, -0.1) is 21.5 Å². The predicted octanol–water partition coefficient (Wildman–Crippen LogP) is 3.10. The van der Waals surface area contributed by atoms with E-state index in [2.05, 4.69) is 45.8 Å². The van der Waals surface area contributed by atoms with Gasteiger partial charge in [-0.05, 0) is 31.2 Å². The maximum atomic E-state index is 5.51. The third-order valence-corrected chi connectivity index (χ3v) is 4.70. The summed E-state index contributed by atoms with van der Waals surface area (Å²) in [6.07, 6.45) is 2.28. The van der Waals surface area contributed by atoms with Crippen molar-refractivity contribution in [3.8, 4) is 0 Å². The minimum Gasteiger partial charge on any atom is -0.381 e. The van der Waals surface area contributed by atoms with E-state index in [0.29, 0.717) is 12.0 Å². The van der Waals surface area contributed by atoms with Gasteiger partial charge in [-0.3, -0.25) is 0 Å². The minimum atomic E-state index is 0.349. The fourth-order valence-electron chi connectivity index (χ4n) is 2.74. The van der Waals surface area contributed by atoms with Gasteiger partial charge in [0.05, 0.1) is 6.54 Å². The van der Waals surface area contributed by atoms with Crippen LogP contribution >= 0.6 is 11.3 Å². The molecule has 1 aliphatic heterocycles. The second kappa shape index (κ2) is 7.11. The molecule has 0 radical (unpaired) electrons. The summed E-state index contributed by atoms with van der Waals surface area (Å²) in [5.41, 5.74) is 1.34. The molecule has 2 atom stereocenters. The van der Waals surface area contributed by atoms with Crippen molar-refractivity contribution in [2.75, 3.05) is 13.2 Å². The molecule has 1 aromatic heterocycles. The first-order valence-electron chi connectivity index (χ1n) is 7.46. The van der Waals surface area contributed by atoms with Gasteiger partial charge in [0.2, 0.25) is 0 Å². The number of nitrogens with one attached hydrogen (secondary N) is 1. The first-order chi connectivity index (χ1) is 10.3. The topological polar surface area (TPSA) is 47.0 Å². The zero-order valence-corrected chi connectivity index (χ0v) is 13.1. The van der Waals surface area contributed by atoms with Crippen molar-refractivity contribution in [3.05, 3.63) is 45.9 Å². The van der Waals surface area contributed by atoms with Crippen LogP contribution in [0.15, 0.2) is 30.3 Å². The van der Waals surface area contributed by atoms with Gasteiger partial charge < -0.3 is 10.1 Å². The molecule has 0 spiro atoms. The van der Waals surface area contributed by atoms with Crippen molar-refractivity contribution in [2.24, 2.45) is 5.92 Å². The van der Waals surface area contributed by atoms with Gasteiger partial charge >= 0.3 is 0 Å². The third kappa shape index (κ3) is 4.09. The summed E-state index contributed by atoms with van der Waals surface area (Å²) in [7, 11) is 0. The molecule has 0 bridgehead atoms.